The molecule has 1 unspecified atom stereocenters. The molecule has 1 saturated carbocycles. The maximum absolute atomic E-state index is 3.55. The minimum absolute atomic E-state index is 0.583. The molecule has 0 aromatic rings. The third kappa shape index (κ3) is 2.78. The van der Waals surface area contributed by atoms with Crippen LogP contribution in [0.1, 0.15) is 46.0 Å². The fraction of sp³-hybridized carbons (Fsp3) is 1.00. The molecule has 1 saturated heterocycles. The maximum Gasteiger partial charge on any atom is 0.00505 e. The van der Waals surface area contributed by atoms with Crippen LogP contribution in [-0.2, 0) is 0 Å². The first kappa shape index (κ1) is 12.4. The molecule has 1 aliphatic carbocycles. The van der Waals surface area contributed by atoms with Gasteiger partial charge in [0.15, 0.2) is 0 Å². The summed E-state index contributed by atoms with van der Waals surface area (Å²) >= 11 is 0. The molecule has 2 fully saturated rings. The Kier molecular flexibility index (Phi) is 4.26. The van der Waals surface area contributed by atoms with Crippen LogP contribution in [0.25, 0.3) is 0 Å². The van der Waals surface area contributed by atoms with Crippen molar-refractivity contribution in [2.24, 2.45) is 11.3 Å². The van der Waals surface area contributed by atoms with E-state index < -0.39 is 0 Å². The number of hydrogen-bond acceptors (Lipinski definition) is 2. The second-order valence-electron chi connectivity index (χ2n) is 5.90. The first-order valence-corrected chi connectivity index (χ1v) is 7.21. The third-order valence-corrected chi connectivity index (χ3v) is 4.83. The molecule has 2 heteroatoms. The van der Waals surface area contributed by atoms with Gasteiger partial charge in [0.1, 0.15) is 0 Å². The fourth-order valence-corrected chi connectivity index (χ4v) is 3.16. The Bertz CT molecular complexity index is 205. The average Bonchev–Trinajstić information content (AvgIpc) is 2.71. The van der Waals surface area contributed by atoms with Crippen LogP contribution in [0, 0.1) is 11.3 Å². The van der Waals surface area contributed by atoms with Gasteiger partial charge in [-0.2, -0.15) is 0 Å². The molecule has 0 spiro atoms. The summed E-state index contributed by atoms with van der Waals surface area (Å²) in [4.78, 5) is 2.71. The van der Waals surface area contributed by atoms with E-state index in [0.717, 1.165) is 5.92 Å². The van der Waals surface area contributed by atoms with Gasteiger partial charge in [0.2, 0.25) is 0 Å². The highest BCUT2D eigenvalue weighted by Crippen LogP contribution is 2.32. The topological polar surface area (TPSA) is 15.3 Å². The van der Waals surface area contributed by atoms with E-state index in [1.165, 1.54) is 64.8 Å². The van der Waals surface area contributed by atoms with Crippen LogP contribution < -0.4 is 5.32 Å². The molecule has 2 aliphatic rings. The Labute approximate surface area is 101 Å². The van der Waals surface area contributed by atoms with E-state index in [2.05, 4.69) is 24.1 Å². The van der Waals surface area contributed by atoms with Crippen LogP contribution in [0.5, 0.6) is 0 Å². The number of rotatable bonds is 6. The van der Waals surface area contributed by atoms with E-state index in [9.17, 15) is 0 Å². The van der Waals surface area contributed by atoms with E-state index in [0.29, 0.717) is 5.41 Å². The molecule has 1 atom stereocenters. The van der Waals surface area contributed by atoms with Gasteiger partial charge in [0.05, 0.1) is 0 Å². The number of nitrogens with one attached hydrogen (secondary N) is 1. The van der Waals surface area contributed by atoms with E-state index >= 15 is 0 Å². The molecule has 2 rings (SSSR count). The summed E-state index contributed by atoms with van der Waals surface area (Å²) in [5.41, 5.74) is 0.583. The lowest BCUT2D eigenvalue weighted by Gasteiger charge is -2.37. The first-order chi connectivity index (χ1) is 7.78. The highest BCUT2D eigenvalue weighted by Gasteiger charge is 2.34. The van der Waals surface area contributed by atoms with E-state index in [-0.39, 0.29) is 0 Å². The molecule has 1 aliphatic heterocycles. The highest BCUT2D eigenvalue weighted by molar-refractivity contribution is 4.90. The number of nitrogens with zero attached hydrogens (tertiary/aromatic N) is 1. The Hall–Kier alpha value is -0.0800. The summed E-state index contributed by atoms with van der Waals surface area (Å²) in [5.74, 6) is 1.02. The minimum Gasteiger partial charge on any atom is -0.316 e. The molecule has 16 heavy (non-hydrogen) atoms. The molecule has 1 N–H and O–H groups in total. The number of hydrogen-bond donors (Lipinski definition) is 1. The summed E-state index contributed by atoms with van der Waals surface area (Å²) in [6.45, 7) is 11.1. The van der Waals surface area contributed by atoms with E-state index in [1.807, 2.05) is 0 Å². The smallest absolute Gasteiger partial charge is 0.00505 e. The Morgan fingerprint density at radius 2 is 2.12 bits per heavy atom. The van der Waals surface area contributed by atoms with Crippen LogP contribution in [0.15, 0.2) is 0 Å². The zero-order valence-electron chi connectivity index (χ0n) is 11.1. The zero-order chi connectivity index (χ0) is 11.4. The monoisotopic (exact) mass is 224 g/mol. The van der Waals surface area contributed by atoms with Crippen molar-refractivity contribution < 1.29 is 0 Å². The molecule has 0 aromatic heterocycles. The predicted octanol–water partition coefficient (Wildman–Crippen LogP) is 2.50. The van der Waals surface area contributed by atoms with Gasteiger partial charge in [0, 0.05) is 19.6 Å². The van der Waals surface area contributed by atoms with Gasteiger partial charge < -0.3 is 10.2 Å². The lowest BCUT2D eigenvalue weighted by atomic mass is 9.81. The zero-order valence-corrected chi connectivity index (χ0v) is 11.1. The van der Waals surface area contributed by atoms with Gasteiger partial charge in [0.25, 0.3) is 0 Å². The van der Waals surface area contributed by atoms with Gasteiger partial charge >= 0.3 is 0 Å². The van der Waals surface area contributed by atoms with Crippen LogP contribution in [-0.4, -0.2) is 37.6 Å². The predicted molar refractivity (Wildman–Crippen MR) is 69.7 cm³/mol. The van der Waals surface area contributed by atoms with Gasteiger partial charge in [-0.1, -0.05) is 20.3 Å². The van der Waals surface area contributed by atoms with Crippen molar-refractivity contribution in [2.75, 3.05) is 32.7 Å². The van der Waals surface area contributed by atoms with E-state index in [4.69, 9.17) is 0 Å². The molecular formula is C14H28N2. The second kappa shape index (κ2) is 5.50. The summed E-state index contributed by atoms with van der Waals surface area (Å²) in [7, 11) is 0. The van der Waals surface area contributed by atoms with Gasteiger partial charge in [-0.15, -0.1) is 0 Å². The summed E-state index contributed by atoms with van der Waals surface area (Å²) < 4.78 is 0. The van der Waals surface area contributed by atoms with Crippen LogP contribution in [0.4, 0.5) is 0 Å². The van der Waals surface area contributed by atoms with Crippen molar-refractivity contribution in [1.82, 2.24) is 10.2 Å². The van der Waals surface area contributed by atoms with E-state index in [1.54, 1.807) is 0 Å². The second-order valence-corrected chi connectivity index (χ2v) is 5.90. The van der Waals surface area contributed by atoms with Crippen molar-refractivity contribution in [1.29, 1.82) is 0 Å². The summed E-state index contributed by atoms with van der Waals surface area (Å²) in [5, 5.41) is 3.55. The molecule has 0 radical (unpaired) electrons. The Balaban J connectivity index is 1.83. The largest absolute Gasteiger partial charge is 0.316 e. The molecular weight excluding hydrogens is 196 g/mol. The standard InChI is InChI=1S/C14H28N2/c1-3-14(8-9-15-11-14)12-16(4-2)10-13-6-5-7-13/h13,15H,3-12H2,1-2H3. The van der Waals surface area contributed by atoms with Crippen molar-refractivity contribution in [2.45, 2.75) is 46.0 Å². The first-order valence-electron chi connectivity index (χ1n) is 7.21. The molecule has 0 amide bonds. The molecule has 1 heterocycles. The van der Waals surface area contributed by atoms with Crippen molar-refractivity contribution in [3.05, 3.63) is 0 Å². The summed E-state index contributed by atoms with van der Waals surface area (Å²) in [6.07, 6.45) is 7.15. The molecule has 94 valence electrons. The van der Waals surface area contributed by atoms with Crippen molar-refractivity contribution in [3.63, 3.8) is 0 Å². The minimum atomic E-state index is 0.583. The van der Waals surface area contributed by atoms with Crippen molar-refractivity contribution >= 4 is 0 Å². The van der Waals surface area contributed by atoms with Crippen LogP contribution in [0.3, 0.4) is 0 Å². The van der Waals surface area contributed by atoms with Crippen molar-refractivity contribution in [3.8, 4) is 0 Å². The summed E-state index contributed by atoms with van der Waals surface area (Å²) in [6, 6.07) is 0. The Morgan fingerprint density at radius 1 is 1.31 bits per heavy atom. The molecule has 2 nitrogen and oxygen atoms in total. The van der Waals surface area contributed by atoms with Crippen LogP contribution in [0.2, 0.25) is 0 Å². The Morgan fingerprint density at radius 3 is 2.56 bits per heavy atom. The SMILES string of the molecule is CCN(CC1CCC1)CC1(CC)CCNC1. The average molecular weight is 224 g/mol. The van der Waals surface area contributed by atoms with Crippen LogP contribution >= 0.6 is 0 Å². The lowest BCUT2D eigenvalue weighted by molar-refractivity contribution is 0.122. The van der Waals surface area contributed by atoms with Gasteiger partial charge in [-0.25, -0.2) is 0 Å². The van der Waals surface area contributed by atoms with Gasteiger partial charge in [-0.3, -0.25) is 0 Å². The molecule has 0 bridgehead atoms. The lowest BCUT2D eigenvalue weighted by Crippen LogP contribution is -2.42. The third-order valence-electron chi connectivity index (χ3n) is 4.83. The highest BCUT2D eigenvalue weighted by atomic mass is 15.1. The maximum atomic E-state index is 3.55. The quantitative estimate of drug-likeness (QED) is 0.746. The van der Waals surface area contributed by atoms with Gasteiger partial charge in [-0.05, 0) is 50.1 Å². The molecule has 0 aromatic carbocycles. The normalized spacial score (nSPS) is 30.9. The fourth-order valence-electron chi connectivity index (χ4n) is 3.16.